The molecule has 1 amide bonds. The molecule has 0 bridgehead atoms. The predicted octanol–water partition coefficient (Wildman–Crippen LogP) is 4.38. The van der Waals surface area contributed by atoms with Crippen LogP contribution in [0.2, 0.25) is 0 Å². The molecule has 1 aromatic rings. The first-order chi connectivity index (χ1) is 9.83. The van der Waals surface area contributed by atoms with E-state index in [1.165, 1.54) is 25.3 Å². The number of hydrogen-bond donors (Lipinski definition) is 2. The number of benzene rings is 1. The fourth-order valence-corrected chi connectivity index (χ4v) is 2.10. The molecule has 1 aromatic carbocycles. The number of rotatable bonds is 4. The molecular weight excluding hydrogens is 271 g/mol. The largest absolute Gasteiger partial charge is 0.444 e. The van der Waals surface area contributed by atoms with Gasteiger partial charge in [0.25, 0.3) is 0 Å². The molecule has 116 valence electrons. The van der Waals surface area contributed by atoms with Crippen molar-refractivity contribution in [3.63, 3.8) is 0 Å². The van der Waals surface area contributed by atoms with Gasteiger partial charge in [0.1, 0.15) is 11.4 Å². The summed E-state index contributed by atoms with van der Waals surface area (Å²) in [4.78, 5) is 11.7. The molecule has 0 unspecified atom stereocenters. The summed E-state index contributed by atoms with van der Waals surface area (Å²) in [5, 5.41) is 5.72. The lowest BCUT2D eigenvalue weighted by Crippen LogP contribution is -2.27. The number of amides is 1. The monoisotopic (exact) mass is 294 g/mol. The van der Waals surface area contributed by atoms with Gasteiger partial charge in [-0.15, -0.1) is 0 Å². The highest BCUT2D eigenvalue weighted by Crippen LogP contribution is 2.27. The van der Waals surface area contributed by atoms with Gasteiger partial charge in [-0.05, 0) is 57.7 Å². The summed E-state index contributed by atoms with van der Waals surface area (Å²) in [5.74, 6) is 0.229. The normalized spacial score (nSPS) is 15.2. The van der Waals surface area contributed by atoms with Crippen molar-refractivity contribution >= 4 is 17.5 Å². The van der Waals surface area contributed by atoms with Crippen molar-refractivity contribution in [1.82, 2.24) is 0 Å². The molecule has 21 heavy (non-hydrogen) atoms. The minimum atomic E-state index is -0.655. The lowest BCUT2D eigenvalue weighted by molar-refractivity contribution is 0.0635. The van der Waals surface area contributed by atoms with E-state index >= 15 is 0 Å². The zero-order chi connectivity index (χ0) is 15.5. The lowest BCUT2D eigenvalue weighted by atomic mass is 9.85. The molecule has 5 heteroatoms. The van der Waals surface area contributed by atoms with E-state index in [-0.39, 0.29) is 5.69 Å². The maximum Gasteiger partial charge on any atom is 0.412 e. The Kier molecular flexibility index (Phi) is 4.70. The molecule has 0 aromatic heterocycles. The van der Waals surface area contributed by atoms with Crippen LogP contribution in [-0.4, -0.2) is 18.2 Å². The van der Waals surface area contributed by atoms with Crippen LogP contribution in [0.1, 0.15) is 40.0 Å². The molecule has 0 heterocycles. The first kappa shape index (κ1) is 15.6. The number of carbonyl (C=O) groups is 1. The van der Waals surface area contributed by atoms with E-state index in [0.717, 1.165) is 12.2 Å². The Labute approximate surface area is 125 Å². The van der Waals surface area contributed by atoms with Crippen molar-refractivity contribution in [3.8, 4) is 0 Å². The van der Waals surface area contributed by atoms with Gasteiger partial charge in [-0.2, -0.15) is 0 Å². The molecule has 4 nitrogen and oxygen atoms in total. The number of carbonyl (C=O) groups excluding carboxylic acids is 1. The van der Waals surface area contributed by atoms with E-state index in [9.17, 15) is 9.18 Å². The Hall–Kier alpha value is -1.78. The summed E-state index contributed by atoms with van der Waals surface area (Å²) in [7, 11) is 0. The molecule has 2 rings (SSSR count). The van der Waals surface area contributed by atoms with Gasteiger partial charge < -0.3 is 10.1 Å². The number of ether oxygens (including phenoxy) is 1. The van der Waals surface area contributed by atoms with E-state index in [0.29, 0.717) is 5.92 Å². The third-order valence-corrected chi connectivity index (χ3v) is 3.42. The Morgan fingerprint density at radius 1 is 1.38 bits per heavy atom. The van der Waals surface area contributed by atoms with Crippen molar-refractivity contribution in [1.29, 1.82) is 0 Å². The Morgan fingerprint density at radius 2 is 2.10 bits per heavy atom. The molecule has 1 aliphatic carbocycles. The number of nitrogens with one attached hydrogen (secondary N) is 2. The van der Waals surface area contributed by atoms with Gasteiger partial charge in [-0.25, -0.2) is 9.18 Å². The van der Waals surface area contributed by atoms with Gasteiger partial charge in [0, 0.05) is 12.2 Å². The summed E-state index contributed by atoms with van der Waals surface area (Å²) < 4.78 is 18.9. The molecule has 1 saturated carbocycles. The number of hydrogen-bond acceptors (Lipinski definition) is 3. The van der Waals surface area contributed by atoms with Gasteiger partial charge in [-0.1, -0.05) is 6.42 Å². The van der Waals surface area contributed by atoms with Gasteiger partial charge in [0.05, 0.1) is 5.69 Å². The van der Waals surface area contributed by atoms with Crippen LogP contribution in [0.5, 0.6) is 0 Å². The highest BCUT2D eigenvalue weighted by Gasteiger charge is 2.19. The van der Waals surface area contributed by atoms with E-state index in [1.807, 2.05) is 0 Å². The third kappa shape index (κ3) is 4.92. The smallest absolute Gasteiger partial charge is 0.412 e. The quantitative estimate of drug-likeness (QED) is 0.866. The first-order valence-corrected chi connectivity index (χ1v) is 7.37. The minimum absolute atomic E-state index is 0.128. The molecule has 0 saturated heterocycles. The van der Waals surface area contributed by atoms with E-state index < -0.39 is 17.5 Å². The summed E-state index contributed by atoms with van der Waals surface area (Å²) in [6.07, 6.45) is 3.13. The molecule has 0 radical (unpaired) electrons. The van der Waals surface area contributed by atoms with Crippen molar-refractivity contribution < 1.29 is 13.9 Å². The maximum atomic E-state index is 13.7. The highest BCUT2D eigenvalue weighted by atomic mass is 19.1. The average Bonchev–Trinajstić information content (AvgIpc) is 2.28. The Morgan fingerprint density at radius 3 is 2.67 bits per heavy atom. The average molecular weight is 294 g/mol. The van der Waals surface area contributed by atoms with Gasteiger partial charge in [0.2, 0.25) is 0 Å². The zero-order valence-corrected chi connectivity index (χ0v) is 12.8. The molecular formula is C16H23FN2O2. The second kappa shape index (κ2) is 6.33. The van der Waals surface area contributed by atoms with Crippen molar-refractivity contribution in [2.75, 3.05) is 17.2 Å². The van der Waals surface area contributed by atoms with Crippen LogP contribution in [0, 0.1) is 11.7 Å². The van der Waals surface area contributed by atoms with Crippen LogP contribution in [0.25, 0.3) is 0 Å². The van der Waals surface area contributed by atoms with Crippen molar-refractivity contribution in [2.45, 2.75) is 45.6 Å². The molecule has 0 atom stereocenters. The van der Waals surface area contributed by atoms with E-state index in [1.54, 1.807) is 32.9 Å². The van der Waals surface area contributed by atoms with Crippen LogP contribution in [0.15, 0.2) is 18.2 Å². The van der Waals surface area contributed by atoms with Crippen LogP contribution in [-0.2, 0) is 4.74 Å². The predicted molar refractivity (Wildman–Crippen MR) is 82.1 cm³/mol. The Balaban J connectivity index is 1.95. The van der Waals surface area contributed by atoms with E-state index in [4.69, 9.17) is 4.74 Å². The molecule has 1 aliphatic rings. The SMILES string of the molecule is CC(C)(C)OC(=O)Nc1cc(NCC2CCC2)ccc1F. The first-order valence-electron chi connectivity index (χ1n) is 7.37. The summed E-state index contributed by atoms with van der Waals surface area (Å²) in [6.45, 7) is 6.18. The molecule has 0 spiro atoms. The fourth-order valence-electron chi connectivity index (χ4n) is 2.10. The van der Waals surface area contributed by atoms with Crippen molar-refractivity contribution in [2.24, 2.45) is 5.92 Å². The van der Waals surface area contributed by atoms with Gasteiger partial charge in [-0.3, -0.25) is 5.32 Å². The van der Waals surface area contributed by atoms with Gasteiger partial charge in [0.15, 0.2) is 0 Å². The van der Waals surface area contributed by atoms with Crippen LogP contribution < -0.4 is 10.6 Å². The summed E-state index contributed by atoms with van der Waals surface area (Å²) >= 11 is 0. The van der Waals surface area contributed by atoms with E-state index in [2.05, 4.69) is 10.6 Å². The van der Waals surface area contributed by atoms with Crippen LogP contribution >= 0.6 is 0 Å². The fraction of sp³-hybridized carbons (Fsp3) is 0.562. The summed E-state index contributed by atoms with van der Waals surface area (Å²) in [6, 6.07) is 4.61. The number of anilines is 2. The second-order valence-electron chi connectivity index (χ2n) is 6.50. The minimum Gasteiger partial charge on any atom is -0.444 e. The van der Waals surface area contributed by atoms with Crippen molar-refractivity contribution in [3.05, 3.63) is 24.0 Å². The Bertz CT molecular complexity index is 507. The highest BCUT2D eigenvalue weighted by molar-refractivity contribution is 5.85. The van der Waals surface area contributed by atoms with Crippen LogP contribution in [0.4, 0.5) is 20.6 Å². The third-order valence-electron chi connectivity index (χ3n) is 3.42. The zero-order valence-electron chi connectivity index (χ0n) is 12.8. The standard InChI is InChI=1S/C16H23FN2O2/c1-16(2,3)21-15(20)19-14-9-12(7-8-13(14)17)18-10-11-5-4-6-11/h7-9,11,18H,4-6,10H2,1-3H3,(H,19,20). The molecule has 2 N–H and O–H groups in total. The maximum absolute atomic E-state index is 13.7. The lowest BCUT2D eigenvalue weighted by Gasteiger charge is -2.26. The molecule has 1 fully saturated rings. The second-order valence-corrected chi connectivity index (χ2v) is 6.50. The molecule has 0 aliphatic heterocycles. The number of halogens is 1. The topological polar surface area (TPSA) is 50.4 Å². The summed E-state index contributed by atoms with van der Waals surface area (Å²) in [5.41, 5.74) is 0.318. The van der Waals surface area contributed by atoms with Gasteiger partial charge >= 0.3 is 6.09 Å². The van der Waals surface area contributed by atoms with Crippen LogP contribution in [0.3, 0.4) is 0 Å².